The zero-order chi connectivity index (χ0) is 17.1. The molecule has 3 rings (SSSR count). The van der Waals surface area contributed by atoms with E-state index in [-0.39, 0.29) is 5.91 Å². The number of benzene rings is 1. The molecule has 0 atom stereocenters. The fourth-order valence-electron chi connectivity index (χ4n) is 2.80. The van der Waals surface area contributed by atoms with E-state index in [9.17, 15) is 4.79 Å². The van der Waals surface area contributed by atoms with Crippen LogP contribution in [0.2, 0.25) is 5.02 Å². The highest BCUT2D eigenvalue weighted by molar-refractivity contribution is 6.36. The van der Waals surface area contributed by atoms with Crippen LogP contribution in [-0.2, 0) is 0 Å². The van der Waals surface area contributed by atoms with Gasteiger partial charge in [-0.3, -0.25) is 4.79 Å². The maximum Gasteiger partial charge on any atom is 0.255 e. The molecule has 1 saturated heterocycles. The molecule has 1 fully saturated rings. The number of anilines is 2. The van der Waals surface area contributed by atoms with E-state index in [1.54, 1.807) is 12.3 Å². The first kappa shape index (κ1) is 16.5. The lowest BCUT2D eigenvalue weighted by Crippen LogP contribution is -2.49. The maximum absolute atomic E-state index is 12.8. The second-order valence-electron chi connectivity index (χ2n) is 5.89. The van der Waals surface area contributed by atoms with Crippen molar-refractivity contribution in [1.29, 1.82) is 0 Å². The molecule has 1 aliphatic rings. The summed E-state index contributed by atoms with van der Waals surface area (Å²) >= 11 is 6.42. The quantitative estimate of drug-likeness (QED) is 0.853. The minimum absolute atomic E-state index is 0.0255. The van der Waals surface area contributed by atoms with Gasteiger partial charge in [0.25, 0.3) is 5.91 Å². The molecule has 7 heteroatoms. The molecule has 1 aliphatic heterocycles. The van der Waals surface area contributed by atoms with Crippen molar-refractivity contribution in [3.05, 3.63) is 47.1 Å². The first-order valence-corrected chi connectivity index (χ1v) is 8.23. The number of rotatable bonds is 3. The molecule has 1 aromatic heterocycles. The van der Waals surface area contributed by atoms with Gasteiger partial charge in [0.1, 0.15) is 0 Å². The Morgan fingerprint density at radius 1 is 1.12 bits per heavy atom. The van der Waals surface area contributed by atoms with E-state index in [2.05, 4.69) is 15.1 Å². The molecule has 1 amide bonds. The Balaban J connectivity index is 1.71. The van der Waals surface area contributed by atoms with E-state index in [0.29, 0.717) is 23.7 Å². The van der Waals surface area contributed by atoms with Crippen LogP contribution in [0.5, 0.6) is 0 Å². The fourth-order valence-corrected chi connectivity index (χ4v) is 3.18. The van der Waals surface area contributed by atoms with Crippen LogP contribution < -0.4 is 9.80 Å². The highest BCUT2D eigenvalue weighted by atomic mass is 35.5. The van der Waals surface area contributed by atoms with Gasteiger partial charge >= 0.3 is 0 Å². The molecular weight excluding hydrogens is 326 g/mol. The third-order valence-electron chi connectivity index (χ3n) is 4.14. The summed E-state index contributed by atoms with van der Waals surface area (Å²) in [5.41, 5.74) is 1.40. The molecule has 1 aromatic carbocycles. The Kier molecular flexibility index (Phi) is 4.85. The van der Waals surface area contributed by atoms with Gasteiger partial charge in [-0.15, -0.1) is 5.10 Å². The lowest BCUT2D eigenvalue weighted by molar-refractivity contribution is 0.0746. The SMILES string of the molecule is CN(C)c1cccc(C(=O)N2CCN(c3cccnn3)CC2)c1Cl. The molecule has 0 aliphatic carbocycles. The highest BCUT2D eigenvalue weighted by Crippen LogP contribution is 2.29. The number of hydrogen-bond donors (Lipinski definition) is 0. The standard InChI is InChI=1S/C17H20ClN5O/c1-21(2)14-6-3-5-13(16(14)18)17(24)23-11-9-22(10-12-23)15-7-4-8-19-20-15/h3-8H,9-12H2,1-2H3. The monoisotopic (exact) mass is 345 g/mol. The number of aromatic nitrogens is 2. The summed E-state index contributed by atoms with van der Waals surface area (Å²) in [6.45, 7) is 2.74. The summed E-state index contributed by atoms with van der Waals surface area (Å²) in [4.78, 5) is 18.7. The number of halogens is 1. The van der Waals surface area contributed by atoms with Crippen molar-refractivity contribution in [2.75, 3.05) is 50.1 Å². The fraction of sp³-hybridized carbons (Fsp3) is 0.353. The predicted octanol–water partition coefficient (Wildman–Crippen LogP) is 2.16. The molecule has 0 radical (unpaired) electrons. The van der Waals surface area contributed by atoms with Gasteiger partial charge in [-0.1, -0.05) is 17.7 Å². The number of amides is 1. The molecule has 126 valence electrons. The zero-order valence-corrected chi connectivity index (χ0v) is 14.6. The lowest BCUT2D eigenvalue weighted by Gasteiger charge is -2.35. The molecule has 2 heterocycles. The van der Waals surface area contributed by atoms with Crippen LogP contribution >= 0.6 is 11.6 Å². The Bertz CT molecular complexity index is 714. The first-order valence-electron chi connectivity index (χ1n) is 7.85. The molecule has 0 bridgehead atoms. The van der Waals surface area contributed by atoms with Crippen LogP contribution in [0.25, 0.3) is 0 Å². The van der Waals surface area contributed by atoms with E-state index < -0.39 is 0 Å². The highest BCUT2D eigenvalue weighted by Gasteiger charge is 2.25. The number of carbonyl (C=O) groups is 1. The summed E-state index contributed by atoms with van der Waals surface area (Å²) in [6, 6.07) is 9.36. The Morgan fingerprint density at radius 2 is 1.88 bits per heavy atom. The second kappa shape index (κ2) is 7.05. The van der Waals surface area contributed by atoms with Crippen molar-refractivity contribution in [2.45, 2.75) is 0 Å². The van der Waals surface area contributed by atoms with Crippen molar-refractivity contribution < 1.29 is 4.79 Å². The average molecular weight is 346 g/mol. The summed E-state index contributed by atoms with van der Waals surface area (Å²) in [5, 5.41) is 8.53. The van der Waals surface area contributed by atoms with E-state index in [1.165, 1.54) is 0 Å². The summed E-state index contributed by atoms with van der Waals surface area (Å²) in [5.74, 6) is 0.819. The Hall–Kier alpha value is -2.34. The van der Waals surface area contributed by atoms with Gasteiger partial charge in [0.2, 0.25) is 0 Å². The summed E-state index contributed by atoms with van der Waals surface area (Å²) in [7, 11) is 3.82. The van der Waals surface area contributed by atoms with Gasteiger partial charge in [0.05, 0.1) is 16.3 Å². The first-order chi connectivity index (χ1) is 11.6. The molecular formula is C17H20ClN5O. The Labute approximate surface area is 146 Å². The van der Waals surface area contributed by atoms with Crippen LogP contribution in [0.3, 0.4) is 0 Å². The molecule has 0 N–H and O–H groups in total. The van der Waals surface area contributed by atoms with Gasteiger partial charge in [0.15, 0.2) is 5.82 Å². The second-order valence-corrected chi connectivity index (χ2v) is 6.27. The third-order valence-corrected chi connectivity index (χ3v) is 4.54. The van der Waals surface area contributed by atoms with Crippen LogP contribution in [0, 0.1) is 0 Å². The van der Waals surface area contributed by atoms with Crippen molar-refractivity contribution in [3.63, 3.8) is 0 Å². The van der Waals surface area contributed by atoms with Crippen molar-refractivity contribution in [2.24, 2.45) is 0 Å². The summed E-state index contributed by atoms with van der Waals surface area (Å²) < 4.78 is 0. The number of nitrogens with zero attached hydrogens (tertiary/aromatic N) is 5. The minimum Gasteiger partial charge on any atom is -0.376 e. The van der Waals surface area contributed by atoms with E-state index in [1.807, 2.05) is 48.2 Å². The lowest BCUT2D eigenvalue weighted by atomic mass is 10.1. The minimum atomic E-state index is -0.0255. The van der Waals surface area contributed by atoms with E-state index in [0.717, 1.165) is 24.6 Å². The van der Waals surface area contributed by atoms with Crippen LogP contribution in [-0.4, -0.2) is 61.3 Å². The molecule has 0 saturated carbocycles. The summed E-state index contributed by atoms with van der Waals surface area (Å²) in [6.07, 6.45) is 1.66. The van der Waals surface area contributed by atoms with E-state index >= 15 is 0 Å². The average Bonchev–Trinajstić information content (AvgIpc) is 2.62. The topological polar surface area (TPSA) is 52.6 Å². The zero-order valence-electron chi connectivity index (χ0n) is 13.8. The van der Waals surface area contributed by atoms with Crippen LogP contribution in [0.15, 0.2) is 36.5 Å². The smallest absolute Gasteiger partial charge is 0.255 e. The number of carbonyl (C=O) groups excluding carboxylic acids is 1. The van der Waals surface area contributed by atoms with Crippen molar-refractivity contribution in [1.82, 2.24) is 15.1 Å². The molecule has 2 aromatic rings. The van der Waals surface area contributed by atoms with Gasteiger partial charge in [0, 0.05) is 46.5 Å². The van der Waals surface area contributed by atoms with Gasteiger partial charge in [-0.25, -0.2) is 0 Å². The number of piperazine rings is 1. The van der Waals surface area contributed by atoms with Gasteiger partial charge in [-0.2, -0.15) is 5.10 Å². The third kappa shape index (κ3) is 3.28. The van der Waals surface area contributed by atoms with Crippen molar-refractivity contribution >= 4 is 29.0 Å². The largest absolute Gasteiger partial charge is 0.376 e. The maximum atomic E-state index is 12.8. The molecule has 6 nitrogen and oxygen atoms in total. The predicted molar refractivity (Wildman–Crippen MR) is 95.9 cm³/mol. The normalized spacial score (nSPS) is 14.6. The number of hydrogen-bond acceptors (Lipinski definition) is 5. The Morgan fingerprint density at radius 3 is 2.50 bits per heavy atom. The van der Waals surface area contributed by atoms with Gasteiger partial charge in [-0.05, 0) is 24.3 Å². The molecule has 24 heavy (non-hydrogen) atoms. The molecule has 0 unspecified atom stereocenters. The van der Waals surface area contributed by atoms with Crippen LogP contribution in [0.1, 0.15) is 10.4 Å². The van der Waals surface area contributed by atoms with Crippen LogP contribution in [0.4, 0.5) is 11.5 Å². The van der Waals surface area contributed by atoms with E-state index in [4.69, 9.17) is 11.6 Å². The van der Waals surface area contributed by atoms with Gasteiger partial charge < -0.3 is 14.7 Å². The molecule has 0 spiro atoms. The van der Waals surface area contributed by atoms with Crippen molar-refractivity contribution in [3.8, 4) is 0 Å².